The van der Waals surface area contributed by atoms with Crippen LogP contribution in [0.25, 0.3) is 10.6 Å². The maximum atomic E-state index is 15.1. The van der Waals surface area contributed by atoms with Gasteiger partial charge in [0.15, 0.2) is 5.03 Å². The molecule has 1 unspecified atom stereocenters. The van der Waals surface area contributed by atoms with Crippen LogP contribution < -0.4 is 14.9 Å². The topological polar surface area (TPSA) is 191 Å². The van der Waals surface area contributed by atoms with E-state index in [-0.39, 0.29) is 12.1 Å². The van der Waals surface area contributed by atoms with Crippen LogP contribution in [0.15, 0.2) is 88.6 Å². The van der Waals surface area contributed by atoms with E-state index in [2.05, 4.69) is 20.3 Å². The van der Waals surface area contributed by atoms with Gasteiger partial charge in [-0.3, -0.25) is 14.5 Å². The Hall–Kier alpha value is -6.01. The molecule has 2 aromatic carbocycles. The lowest BCUT2D eigenvalue weighted by Gasteiger charge is -2.24. The van der Waals surface area contributed by atoms with Crippen molar-refractivity contribution in [1.82, 2.24) is 15.3 Å². The number of aromatic nitrogens is 2. The molecule has 2 aromatic heterocycles. The molecule has 0 aliphatic carbocycles. The number of anilines is 2. The third kappa shape index (κ3) is 6.65. The maximum absolute atomic E-state index is 15.1. The van der Waals surface area contributed by atoms with Crippen molar-refractivity contribution in [3.05, 3.63) is 101 Å². The van der Waals surface area contributed by atoms with E-state index >= 15 is 8.78 Å². The number of hydrogen-bond acceptors (Lipinski definition) is 10. The van der Waals surface area contributed by atoms with Gasteiger partial charge in [-0.15, -0.1) is 16.2 Å². The Bertz CT molecular complexity index is 2220. The number of urea groups is 1. The minimum absolute atomic E-state index is 0.213. The molecular weight excluding hydrogens is 697 g/mol. The van der Waals surface area contributed by atoms with Crippen molar-refractivity contribution in [2.45, 2.75) is 17.5 Å². The summed E-state index contributed by atoms with van der Waals surface area (Å²) in [4.78, 5) is 63.9. The van der Waals surface area contributed by atoms with Crippen LogP contribution in [0, 0.1) is 17.6 Å². The molecule has 0 fully saturated rings. The number of nitrogens with one attached hydrogen (secondary N) is 2. The largest absolute Gasteiger partial charge is 0.506 e. The number of pyridine rings is 1. The number of halogens is 2. The van der Waals surface area contributed by atoms with Gasteiger partial charge in [0.1, 0.15) is 45.6 Å². The van der Waals surface area contributed by atoms with E-state index in [4.69, 9.17) is 0 Å². The molecule has 4 amide bonds. The molecule has 0 bridgehead atoms. The summed E-state index contributed by atoms with van der Waals surface area (Å²) >= 11 is 1.32. The van der Waals surface area contributed by atoms with Crippen molar-refractivity contribution in [2.75, 3.05) is 16.7 Å². The SMILES string of the molecule is C[N+]1=C2C=NC=CC2C(=O)N(c2ccc(C[C@H](NC(=O)c3c(F)cc(NS(=O)(=O)c4ccc(-c5nccs5)cn4)cc3F)C(=O)O)cc2)C1=O. The molecule has 4 heterocycles. The van der Waals surface area contributed by atoms with Crippen LogP contribution in [0.2, 0.25) is 0 Å². The molecule has 2 aliphatic heterocycles. The van der Waals surface area contributed by atoms with Crippen LogP contribution in [0.5, 0.6) is 0 Å². The first kappa shape index (κ1) is 33.9. The monoisotopic (exact) mass is 720 g/mol. The zero-order valence-corrected chi connectivity index (χ0v) is 27.3. The van der Waals surface area contributed by atoms with E-state index in [0.717, 1.165) is 4.90 Å². The fourth-order valence-electron chi connectivity index (χ4n) is 5.21. The number of aliphatic carboxylic acids is 1. The predicted molar refractivity (Wildman–Crippen MR) is 177 cm³/mol. The van der Waals surface area contributed by atoms with Crippen molar-refractivity contribution < 1.29 is 46.1 Å². The molecule has 4 aromatic rings. The summed E-state index contributed by atoms with van der Waals surface area (Å²) in [7, 11) is -2.89. The summed E-state index contributed by atoms with van der Waals surface area (Å²) in [5, 5.41) is 13.8. The zero-order chi connectivity index (χ0) is 35.7. The first-order valence-corrected chi connectivity index (χ1v) is 16.9. The number of sulfonamides is 1. The number of nitrogens with zero attached hydrogens (tertiary/aromatic N) is 5. The molecule has 254 valence electrons. The number of thiazole rings is 1. The number of hydrogen-bond donors (Lipinski definition) is 3. The Morgan fingerprint density at radius 3 is 2.42 bits per heavy atom. The van der Waals surface area contributed by atoms with E-state index in [9.17, 15) is 32.7 Å². The highest BCUT2D eigenvalue weighted by Crippen LogP contribution is 2.26. The number of rotatable bonds is 10. The number of fused-ring (bicyclic) bond motifs is 1. The fraction of sp³-hybridized carbons (Fsp3) is 0.125. The molecule has 3 N–H and O–H groups in total. The second-order valence-corrected chi connectivity index (χ2v) is 13.4. The van der Waals surface area contributed by atoms with Gasteiger partial charge in [-0.2, -0.15) is 17.8 Å². The summed E-state index contributed by atoms with van der Waals surface area (Å²) < 4.78 is 59.1. The van der Waals surface area contributed by atoms with Crippen molar-refractivity contribution >= 4 is 68.5 Å². The smallest absolute Gasteiger partial charge is 0.480 e. The van der Waals surface area contributed by atoms with Gasteiger partial charge in [-0.25, -0.2) is 28.3 Å². The molecular formula is C32H24F2N7O7S2+. The van der Waals surface area contributed by atoms with Gasteiger partial charge in [0, 0.05) is 36.0 Å². The highest BCUT2D eigenvalue weighted by molar-refractivity contribution is 7.92. The van der Waals surface area contributed by atoms with Gasteiger partial charge in [0.05, 0.1) is 18.9 Å². The highest BCUT2D eigenvalue weighted by Gasteiger charge is 2.47. The number of benzene rings is 2. The highest BCUT2D eigenvalue weighted by atomic mass is 32.2. The van der Waals surface area contributed by atoms with Crippen LogP contribution in [0.3, 0.4) is 0 Å². The van der Waals surface area contributed by atoms with E-state index in [0.29, 0.717) is 34.0 Å². The second kappa shape index (κ2) is 13.5. The van der Waals surface area contributed by atoms with E-state index in [1.54, 1.807) is 17.7 Å². The molecule has 0 spiro atoms. The third-order valence-electron chi connectivity index (χ3n) is 7.69. The molecule has 0 saturated heterocycles. The molecule has 18 heteroatoms. The van der Waals surface area contributed by atoms with Gasteiger partial charge in [-0.1, -0.05) is 12.1 Å². The van der Waals surface area contributed by atoms with E-state index in [1.807, 2.05) is 4.72 Å². The van der Waals surface area contributed by atoms with Crippen molar-refractivity contribution in [2.24, 2.45) is 10.9 Å². The average Bonchev–Trinajstić information content (AvgIpc) is 3.63. The number of aliphatic imine (C=N–C) groups is 1. The van der Waals surface area contributed by atoms with Crippen molar-refractivity contribution in [3.8, 4) is 10.6 Å². The van der Waals surface area contributed by atoms with Crippen molar-refractivity contribution in [1.29, 1.82) is 0 Å². The third-order valence-corrected chi connectivity index (χ3v) is 9.81. The summed E-state index contributed by atoms with van der Waals surface area (Å²) in [6.45, 7) is 0. The number of carbonyl (C=O) groups excluding carboxylic acids is 3. The Balaban J connectivity index is 1.14. The van der Waals surface area contributed by atoms with E-state index < -0.39 is 73.7 Å². The number of carbonyl (C=O) groups is 4. The van der Waals surface area contributed by atoms with Crippen molar-refractivity contribution in [3.63, 3.8) is 0 Å². The lowest BCUT2D eigenvalue weighted by molar-refractivity contribution is -0.392. The zero-order valence-electron chi connectivity index (χ0n) is 25.6. The molecule has 50 heavy (non-hydrogen) atoms. The lowest BCUT2D eigenvalue weighted by Crippen LogP contribution is -2.54. The van der Waals surface area contributed by atoms with Crippen LogP contribution >= 0.6 is 11.3 Å². The van der Waals surface area contributed by atoms with Gasteiger partial charge >= 0.3 is 17.9 Å². The quantitative estimate of drug-likeness (QED) is 0.206. The minimum atomic E-state index is -4.40. The minimum Gasteiger partial charge on any atom is -0.480 e. The Morgan fingerprint density at radius 2 is 1.80 bits per heavy atom. The first-order chi connectivity index (χ1) is 23.8. The number of carboxylic acid groups (broad SMARTS) is 1. The normalized spacial score (nSPS) is 16.3. The predicted octanol–water partition coefficient (Wildman–Crippen LogP) is 3.47. The van der Waals surface area contributed by atoms with Crippen LogP contribution in [0.4, 0.5) is 25.0 Å². The molecule has 6 rings (SSSR count). The van der Waals surface area contributed by atoms with Gasteiger partial charge < -0.3 is 10.4 Å². The molecule has 0 saturated carbocycles. The van der Waals surface area contributed by atoms with Crippen LogP contribution in [-0.2, 0) is 26.0 Å². The Morgan fingerprint density at radius 1 is 1.08 bits per heavy atom. The van der Waals surface area contributed by atoms with Crippen LogP contribution in [0.1, 0.15) is 15.9 Å². The standard InChI is InChI=1S/C32H23F2N7O7S2/c1-40-25-16-35-9-8-21(25)30(43)41(32(40)46)20-5-2-17(3-6-20)12-24(31(44)45)38-28(42)27-22(33)13-19(14-23(27)34)39-50(47,48)26-7-4-18(15-37-26)29-36-10-11-49-29/h2-11,13-16,21,24H,12H2,1H3,(H2-,38,39,42,44,45)/p+1/t21?,24-/m0/s1. The number of amides is 4. The second-order valence-electron chi connectivity index (χ2n) is 10.9. The summed E-state index contributed by atoms with van der Waals surface area (Å²) in [5.74, 6) is -7.06. The molecule has 0 radical (unpaired) electrons. The van der Waals surface area contributed by atoms with E-state index in [1.165, 1.54) is 78.0 Å². The van der Waals surface area contributed by atoms with Crippen LogP contribution in [-0.4, -0.2) is 76.9 Å². The Kier molecular flexibility index (Phi) is 9.13. The molecule has 2 aliphatic rings. The summed E-state index contributed by atoms with van der Waals surface area (Å²) in [6.07, 6.45) is 6.96. The number of carboxylic acids is 1. The lowest BCUT2D eigenvalue weighted by atomic mass is 9.97. The average molecular weight is 721 g/mol. The first-order valence-electron chi connectivity index (χ1n) is 14.5. The fourth-order valence-corrected chi connectivity index (χ4v) is 6.81. The van der Waals surface area contributed by atoms with Gasteiger partial charge in [0.25, 0.3) is 15.9 Å². The molecule has 14 nitrogen and oxygen atoms in total. The van der Waals surface area contributed by atoms with Gasteiger partial charge in [0.2, 0.25) is 0 Å². The number of imide groups is 1. The summed E-state index contributed by atoms with van der Waals surface area (Å²) in [6, 6.07) is 7.27. The Labute approximate surface area is 286 Å². The summed E-state index contributed by atoms with van der Waals surface area (Å²) in [5.41, 5.74) is -0.134. The van der Waals surface area contributed by atoms with Gasteiger partial charge in [-0.05, 0) is 48.0 Å². The molecule has 2 atom stereocenters. The maximum Gasteiger partial charge on any atom is 0.506 e.